The number of fused-ring (bicyclic) bond motifs is 1. The highest BCUT2D eigenvalue weighted by Crippen LogP contribution is 2.31. The van der Waals surface area contributed by atoms with Crippen molar-refractivity contribution in [3.05, 3.63) is 90.0 Å². The van der Waals surface area contributed by atoms with Crippen molar-refractivity contribution in [3.8, 4) is 0 Å². The number of carbonyl (C=O) groups excluding carboxylic acids is 1. The fraction of sp³-hybridized carbons (Fsp3) is 0.320. The highest BCUT2D eigenvalue weighted by Gasteiger charge is 2.33. The number of rotatable bonds is 5. The molecule has 0 aliphatic carbocycles. The van der Waals surface area contributed by atoms with Crippen LogP contribution in [0, 0.1) is 6.92 Å². The second-order valence-corrected chi connectivity index (χ2v) is 9.08. The molecule has 1 unspecified atom stereocenters. The molecule has 0 radical (unpaired) electrons. The Balaban J connectivity index is 1.93. The van der Waals surface area contributed by atoms with E-state index in [4.69, 9.17) is 9.15 Å². The second kappa shape index (κ2) is 8.74. The number of hydrogen-bond acceptors (Lipinski definition) is 6. The fourth-order valence-corrected chi connectivity index (χ4v) is 4.86. The molecule has 0 saturated heterocycles. The first kappa shape index (κ1) is 22.0. The fourth-order valence-electron chi connectivity index (χ4n) is 3.83. The van der Waals surface area contributed by atoms with Crippen LogP contribution in [0.4, 0.5) is 0 Å². The summed E-state index contributed by atoms with van der Waals surface area (Å²) in [5.41, 5.74) is 2.76. The van der Waals surface area contributed by atoms with E-state index in [9.17, 15) is 9.59 Å². The molecule has 6 nitrogen and oxygen atoms in total. The number of aromatic nitrogens is 1. The van der Waals surface area contributed by atoms with Gasteiger partial charge in [-0.15, -0.1) is 0 Å². The van der Waals surface area contributed by atoms with Gasteiger partial charge in [0.15, 0.2) is 4.80 Å². The Kier molecular flexibility index (Phi) is 6.02. The quantitative estimate of drug-likeness (QED) is 0.554. The molecule has 0 N–H and O–H groups in total. The van der Waals surface area contributed by atoms with Crippen molar-refractivity contribution in [2.24, 2.45) is 4.99 Å². The first-order chi connectivity index (χ1) is 15.3. The van der Waals surface area contributed by atoms with Gasteiger partial charge in [-0.3, -0.25) is 9.36 Å². The number of hydrogen-bond donors (Lipinski definition) is 0. The number of furan rings is 1. The van der Waals surface area contributed by atoms with Crippen molar-refractivity contribution >= 4 is 23.4 Å². The molecule has 3 heterocycles. The van der Waals surface area contributed by atoms with Gasteiger partial charge in [-0.25, -0.2) is 9.79 Å². The second-order valence-electron chi connectivity index (χ2n) is 8.07. The van der Waals surface area contributed by atoms with Crippen LogP contribution in [0.2, 0.25) is 0 Å². The van der Waals surface area contributed by atoms with E-state index in [-0.39, 0.29) is 12.2 Å². The van der Waals surface area contributed by atoms with E-state index in [1.807, 2.05) is 43.3 Å². The third-order valence-corrected chi connectivity index (χ3v) is 6.45. The van der Waals surface area contributed by atoms with Crippen molar-refractivity contribution in [1.82, 2.24) is 4.57 Å². The van der Waals surface area contributed by atoms with Crippen molar-refractivity contribution in [1.29, 1.82) is 0 Å². The van der Waals surface area contributed by atoms with E-state index in [1.165, 1.54) is 16.9 Å². The summed E-state index contributed by atoms with van der Waals surface area (Å²) in [6, 6.07) is 11.1. The lowest BCUT2D eigenvalue weighted by Gasteiger charge is -2.25. The number of esters is 1. The van der Waals surface area contributed by atoms with Gasteiger partial charge in [0.05, 0.1) is 28.5 Å². The topological polar surface area (TPSA) is 73.8 Å². The zero-order valence-electron chi connectivity index (χ0n) is 18.8. The van der Waals surface area contributed by atoms with Crippen molar-refractivity contribution < 1.29 is 13.9 Å². The lowest BCUT2D eigenvalue weighted by molar-refractivity contribution is -0.139. The normalized spacial score (nSPS) is 16.3. The van der Waals surface area contributed by atoms with Gasteiger partial charge in [0, 0.05) is 6.08 Å². The number of allylic oxidation sites excluding steroid dienone is 1. The maximum absolute atomic E-state index is 13.5. The molecule has 1 aliphatic heterocycles. The monoisotopic (exact) mass is 450 g/mol. The minimum absolute atomic E-state index is 0.213. The Morgan fingerprint density at radius 3 is 2.53 bits per heavy atom. The molecule has 2 aromatic heterocycles. The van der Waals surface area contributed by atoms with Gasteiger partial charge in [-0.05, 0) is 49.9 Å². The number of aryl methyl sites for hydroxylation is 1. The van der Waals surface area contributed by atoms with Crippen LogP contribution in [0.3, 0.4) is 0 Å². The largest absolute Gasteiger partial charge is 0.463 e. The molecule has 0 spiro atoms. The van der Waals surface area contributed by atoms with Gasteiger partial charge < -0.3 is 9.15 Å². The summed E-state index contributed by atoms with van der Waals surface area (Å²) in [5.74, 6) is 1.30. The van der Waals surface area contributed by atoms with Gasteiger partial charge >= 0.3 is 5.97 Å². The van der Waals surface area contributed by atoms with Gasteiger partial charge in [-0.2, -0.15) is 0 Å². The SMILES string of the molecule is CCOC(=O)C1=C(C)N=c2s/c(=C\c3ccc(C)o3)c(=O)n2C1c1ccc(C(C)C)cc1. The predicted molar refractivity (Wildman–Crippen MR) is 124 cm³/mol. The van der Waals surface area contributed by atoms with E-state index in [0.29, 0.717) is 32.3 Å². The molecular formula is C25H26N2O4S. The predicted octanol–water partition coefficient (Wildman–Crippen LogP) is 3.82. The standard InChI is InChI=1S/C25H26N2O4S/c1-6-30-24(29)21-16(5)26-25-27(22(21)18-10-8-17(9-11-18)14(2)3)23(28)20(32-25)13-19-12-7-15(4)31-19/h7-14,22H,6H2,1-5H3/b20-13-. The summed E-state index contributed by atoms with van der Waals surface area (Å²) in [4.78, 5) is 31.5. The van der Waals surface area contributed by atoms with Crippen LogP contribution in [0.15, 0.2) is 61.9 Å². The minimum atomic E-state index is -0.605. The Morgan fingerprint density at radius 2 is 1.94 bits per heavy atom. The number of thiazole rings is 1. The third kappa shape index (κ3) is 4.00. The molecule has 0 saturated carbocycles. The summed E-state index contributed by atoms with van der Waals surface area (Å²) in [5, 5.41) is 0. The van der Waals surface area contributed by atoms with Crippen molar-refractivity contribution in [3.63, 3.8) is 0 Å². The van der Waals surface area contributed by atoms with E-state index < -0.39 is 12.0 Å². The van der Waals surface area contributed by atoms with Gasteiger partial charge in [0.2, 0.25) is 0 Å². The van der Waals surface area contributed by atoms with Crippen LogP contribution in [0.1, 0.15) is 62.3 Å². The molecule has 1 atom stereocenters. The first-order valence-corrected chi connectivity index (χ1v) is 11.5. The number of ether oxygens (including phenoxy) is 1. The summed E-state index contributed by atoms with van der Waals surface area (Å²) < 4.78 is 13.0. The molecule has 3 aromatic rings. The number of nitrogens with zero attached hydrogens (tertiary/aromatic N) is 2. The van der Waals surface area contributed by atoms with Gasteiger partial charge in [0.25, 0.3) is 5.56 Å². The van der Waals surface area contributed by atoms with Crippen LogP contribution in [0.5, 0.6) is 0 Å². The Hall–Kier alpha value is -3.19. The molecule has 0 amide bonds. The van der Waals surface area contributed by atoms with Crippen LogP contribution in [-0.4, -0.2) is 17.1 Å². The van der Waals surface area contributed by atoms with E-state index >= 15 is 0 Å². The van der Waals surface area contributed by atoms with Crippen LogP contribution >= 0.6 is 11.3 Å². The Morgan fingerprint density at radius 1 is 1.22 bits per heavy atom. The summed E-state index contributed by atoms with van der Waals surface area (Å²) in [6.07, 6.45) is 1.72. The summed E-state index contributed by atoms with van der Waals surface area (Å²) >= 11 is 1.29. The molecule has 1 aliphatic rings. The maximum atomic E-state index is 13.5. The molecule has 32 heavy (non-hydrogen) atoms. The average Bonchev–Trinajstić information content (AvgIpc) is 3.30. The zero-order valence-corrected chi connectivity index (χ0v) is 19.7. The highest BCUT2D eigenvalue weighted by molar-refractivity contribution is 7.07. The van der Waals surface area contributed by atoms with Crippen LogP contribution in [-0.2, 0) is 9.53 Å². The maximum Gasteiger partial charge on any atom is 0.338 e. The molecule has 4 rings (SSSR count). The van der Waals surface area contributed by atoms with E-state index in [1.54, 1.807) is 24.5 Å². The molecule has 1 aromatic carbocycles. The van der Waals surface area contributed by atoms with Crippen LogP contribution < -0.4 is 14.9 Å². The summed E-state index contributed by atoms with van der Waals surface area (Å²) in [6.45, 7) is 9.91. The summed E-state index contributed by atoms with van der Waals surface area (Å²) in [7, 11) is 0. The molecular weight excluding hydrogens is 424 g/mol. The van der Waals surface area contributed by atoms with Crippen molar-refractivity contribution in [2.45, 2.75) is 46.6 Å². The highest BCUT2D eigenvalue weighted by atomic mass is 32.1. The smallest absolute Gasteiger partial charge is 0.338 e. The minimum Gasteiger partial charge on any atom is -0.463 e. The molecule has 166 valence electrons. The van der Waals surface area contributed by atoms with E-state index in [0.717, 1.165) is 11.3 Å². The number of benzene rings is 1. The van der Waals surface area contributed by atoms with Crippen LogP contribution in [0.25, 0.3) is 6.08 Å². The molecule has 0 bridgehead atoms. The number of carbonyl (C=O) groups is 1. The van der Waals surface area contributed by atoms with Gasteiger partial charge in [-0.1, -0.05) is 49.4 Å². The lowest BCUT2D eigenvalue weighted by Crippen LogP contribution is -2.39. The van der Waals surface area contributed by atoms with E-state index in [2.05, 4.69) is 18.8 Å². The molecule has 7 heteroatoms. The zero-order chi connectivity index (χ0) is 23.0. The average molecular weight is 451 g/mol. The lowest BCUT2D eigenvalue weighted by atomic mass is 9.93. The Bertz CT molecular complexity index is 1370. The third-order valence-electron chi connectivity index (χ3n) is 5.47. The Labute approximate surface area is 190 Å². The first-order valence-electron chi connectivity index (χ1n) is 10.7. The van der Waals surface area contributed by atoms with Crippen molar-refractivity contribution in [2.75, 3.05) is 6.61 Å². The molecule has 0 fully saturated rings. The van der Waals surface area contributed by atoms with Gasteiger partial charge in [0.1, 0.15) is 11.5 Å².